The number of aromatic nitrogens is 2. The zero-order valence-electron chi connectivity index (χ0n) is 23.0. The molecule has 10 nitrogen and oxygen atoms in total. The maximum Gasteiger partial charge on any atom is 0.245 e. The van der Waals surface area contributed by atoms with Gasteiger partial charge in [0.1, 0.15) is 12.1 Å². The SMILES string of the molecule is NCCCCCCCCCCC(=O)N[C@@H](CO)C(=O)N[C@@H](Cc1cnc[nH]1)C(=O)NCCC1CCCCC1. The number of amides is 3. The first-order chi connectivity index (χ1) is 18.5. The molecule has 0 saturated heterocycles. The molecule has 2 atom stereocenters. The number of H-pyrrole nitrogens is 1. The highest BCUT2D eigenvalue weighted by atomic mass is 16.3. The molecule has 38 heavy (non-hydrogen) atoms. The van der Waals surface area contributed by atoms with Crippen LogP contribution in [0.3, 0.4) is 0 Å². The van der Waals surface area contributed by atoms with Gasteiger partial charge in [-0.2, -0.15) is 0 Å². The largest absolute Gasteiger partial charge is 0.394 e. The Balaban J connectivity index is 1.75. The van der Waals surface area contributed by atoms with Crippen molar-refractivity contribution < 1.29 is 19.5 Å². The lowest BCUT2D eigenvalue weighted by Gasteiger charge is -2.24. The molecule has 7 N–H and O–H groups in total. The van der Waals surface area contributed by atoms with Crippen molar-refractivity contribution in [3.63, 3.8) is 0 Å². The number of aliphatic hydroxyl groups is 1. The van der Waals surface area contributed by atoms with Gasteiger partial charge in [-0.3, -0.25) is 14.4 Å². The van der Waals surface area contributed by atoms with Crippen LogP contribution >= 0.6 is 0 Å². The summed E-state index contributed by atoms with van der Waals surface area (Å²) in [5, 5.41) is 18.1. The molecule has 216 valence electrons. The summed E-state index contributed by atoms with van der Waals surface area (Å²) in [7, 11) is 0. The van der Waals surface area contributed by atoms with E-state index in [1.54, 1.807) is 6.20 Å². The number of carbonyl (C=O) groups excluding carboxylic acids is 3. The minimum Gasteiger partial charge on any atom is -0.394 e. The fraction of sp³-hybridized carbons (Fsp3) is 0.786. The van der Waals surface area contributed by atoms with Gasteiger partial charge in [0.2, 0.25) is 17.7 Å². The molecule has 1 heterocycles. The molecular weight excluding hydrogens is 484 g/mol. The van der Waals surface area contributed by atoms with Crippen molar-refractivity contribution in [3.8, 4) is 0 Å². The Bertz CT molecular complexity index is 782. The first-order valence-electron chi connectivity index (χ1n) is 14.7. The number of hydrogen-bond acceptors (Lipinski definition) is 6. The molecule has 10 heteroatoms. The van der Waals surface area contributed by atoms with Gasteiger partial charge < -0.3 is 31.8 Å². The summed E-state index contributed by atoms with van der Waals surface area (Å²) in [5.41, 5.74) is 6.22. The fourth-order valence-electron chi connectivity index (χ4n) is 5.05. The second-order valence-corrected chi connectivity index (χ2v) is 10.6. The Morgan fingerprint density at radius 2 is 1.63 bits per heavy atom. The van der Waals surface area contributed by atoms with E-state index in [1.807, 2.05) is 0 Å². The lowest BCUT2D eigenvalue weighted by Crippen LogP contribution is -2.55. The second-order valence-electron chi connectivity index (χ2n) is 10.6. The normalized spacial score (nSPS) is 15.5. The Kier molecular flexibility index (Phi) is 16.4. The number of aromatic amines is 1. The van der Waals surface area contributed by atoms with Crippen LogP contribution in [0.1, 0.15) is 102 Å². The van der Waals surface area contributed by atoms with Crippen LogP contribution in [0.4, 0.5) is 0 Å². The molecule has 0 aliphatic heterocycles. The molecule has 2 rings (SSSR count). The number of nitrogens with two attached hydrogens (primary N) is 1. The smallest absolute Gasteiger partial charge is 0.245 e. The van der Waals surface area contributed by atoms with E-state index in [9.17, 15) is 19.5 Å². The molecule has 3 amide bonds. The molecule has 0 aromatic carbocycles. The monoisotopic (exact) mass is 534 g/mol. The van der Waals surface area contributed by atoms with Crippen LogP contribution in [0, 0.1) is 5.92 Å². The predicted molar refractivity (Wildman–Crippen MR) is 148 cm³/mol. The molecule has 0 bridgehead atoms. The summed E-state index contributed by atoms with van der Waals surface area (Å²) in [6.45, 7) is 0.771. The highest BCUT2D eigenvalue weighted by molar-refractivity contribution is 5.92. The number of nitrogens with zero attached hydrogens (tertiary/aromatic N) is 1. The summed E-state index contributed by atoms with van der Waals surface area (Å²) in [4.78, 5) is 45.2. The molecule has 0 unspecified atom stereocenters. The van der Waals surface area contributed by atoms with Crippen LogP contribution in [0.15, 0.2) is 12.5 Å². The van der Waals surface area contributed by atoms with Gasteiger partial charge in [0.25, 0.3) is 0 Å². The van der Waals surface area contributed by atoms with E-state index in [2.05, 4.69) is 25.9 Å². The van der Waals surface area contributed by atoms with Gasteiger partial charge in [-0.25, -0.2) is 4.98 Å². The van der Waals surface area contributed by atoms with Gasteiger partial charge in [0.05, 0.1) is 12.9 Å². The number of nitrogens with one attached hydrogen (secondary N) is 4. The summed E-state index contributed by atoms with van der Waals surface area (Å²) < 4.78 is 0. The van der Waals surface area contributed by atoms with Crippen molar-refractivity contribution in [1.29, 1.82) is 0 Å². The molecule has 1 saturated carbocycles. The van der Waals surface area contributed by atoms with Gasteiger partial charge >= 0.3 is 0 Å². The second kappa shape index (κ2) is 19.6. The third-order valence-electron chi connectivity index (χ3n) is 7.38. The maximum atomic E-state index is 13.0. The molecule has 1 aliphatic carbocycles. The van der Waals surface area contributed by atoms with E-state index < -0.39 is 24.6 Å². The van der Waals surface area contributed by atoms with Gasteiger partial charge in [0, 0.05) is 31.3 Å². The number of hydrogen-bond donors (Lipinski definition) is 6. The van der Waals surface area contributed by atoms with Gasteiger partial charge in [-0.1, -0.05) is 70.6 Å². The molecule has 0 spiro atoms. The van der Waals surface area contributed by atoms with Crippen molar-refractivity contribution in [1.82, 2.24) is 25.9 Å². The number of imidazole rings is 1. The number of aliphatic hydroxyl groups excluding tert-OH is 1. The predicted octanol–water partition coefficient (Wildman–Crippen LogP) is 2.47. The van der Waals surface area contributed by atoms with E-state index >= 15 is 0 Å². The third-order valence-corrected chi connectivity index (χ3v) is 7.38. The Labute approximate surface area is 227 Å². The number of unbranched alkanes of at least 4 members (excludes halogenated alkanes) is 7. The zero-order valence-corrected chi connectivity index (χ0v) is 23.0. The summed E-state index contributed by atoms with van der Waals surface area (Å²) in [6, 6.07) is -1.95. The maximum absolute atomic E-state index is 13.0. The average Bonchev–Trinajstić information content (AvgIpc) is 3.44. The Morgan fingerprint density at radius 1 is 0.947 bits per heavy atom. The summed E-state index contributed by atoms with van der Waals surface area (Å²) in [5.74, 6) is -0.496. The fourth-order valence-corrected chi connectivity index (χ4v) is 5.05. The van der Waals surface area contributed by atoms with Crippen molar-refractivity contribution in [2.24, 2.45) is 11.7 Å². The van der Waals surface area contributed by atoms with Crippen LogP contribution in [-0.2, 0) is 20.8 Å². The average molecular weight is 535 g/mol. The lowest BCUT2D eigenvalue weighted by atomic mass is 9.87. The first-order valence-corrected chi connectivity index (χ1v) is 14.7. The highest BCUT2D eigenvalue weighted by Crippen LogP contribution is 2.25. The van der Waals surface area contributed by atoms with Crippen molar-refractivity contribution >= 4 is 17.7 Å². The number of rotatable bonds is 20. The summed E-state index contributed by atoms with van der Waals surface area (Å²) >= 11 is 0. The topological polar surface area (TPSA) is 162 Å². The van der Waals surface area contributed by atoms with Crippen LogP contribution < -0.4 is 21.7 Å². The van der Waals surface area contributed by atoms with Crippen LogP contribution in [0.25, 0.3) is 0 Å². The zero-order chi connectivity index (χ0) is 27.4. The van der Waals surface area contributed by atoms with Crippen molar-refractivity contribution in [3.05, 3.63) is 18.2 Å². The van der Waals surface area contributed by atoms with Crippen LogP contribution in [-0.4, -0.2) is 64.6 Å². The quantitative estimate of drug-likeness (QED) is 0.141. The lowest BCUT2D eigenvalue weighted by molar-refractivity contribution is -0.133. The Morgan fingerprint density at radius 3 is 2.26 bits per heavy atom. The molecule has 1 aromatic heterocycles. The molecule has 0 radical (unpaired) electrons. The van der Waals surface area contributed by atoms with Gasteiger partial charge in [0.15, 0.2) is 0 Å². The molecule has 1 aromatic rings. The van der Waals surface area contributed by atoms with E-state index in [4.69, 9.17) is 5.73 Å². The van der Waals surface area contributed by atoms with Gasteiger partial charge in [-0.15, -0.1) is 0 Å². The van der Waals surface area contributed by atoms with E-state index in [1.165, 1.54) is 57.7 Å². The molecule has 1 fully saturated rings. The van der Waals surface area contributed by atoms with E-state index in [-0.39, 0.29) is 18.2 Å². The molecule has 1 aliphatic rings. The third kappa shape index (κ3) is 13.4. The summed E-state index contributed by atoms with van der Waals surface area (Å²) in [6.07, 6.45) is 19.4. The minimum absolute atomic E-state index is 0.235. The van der Waals surface area contributed by atoms with Gasteiger partial charge in [-0.05, 0) is 31.7 Å². The standard InChI is InChI=1S/C28H50N6O4/c29-16-11-6-4-2-1-3-5-10-14-26(36)33-25(20-35)28(38)34-24(18-23-19-30-21-32-23)27(37)31-17-15-22-12-8-7-9-13-22/h19,21-22,24-25,35H,1-18,20,29H2,(H,30,32)(H,31,37)(H,33,36)(H,34,38)/t24-,25-/m0/s1. The van der Waals surface area contributed by atoms with E-state index in [0.717, 1.165) is 45.1 Å². The Hall–Kier alpha value is -2.46. The van der Waals surface area contributed by atoms with Crippen molar-refractivity contribution in [2.75, 3.05) is 19.7 Å². The van der Waals surface area contributed by atoms with Crippen molar-refractivity contribution in [2.45, 2.75) is 115 Å². The van der Waals surface area contributed by atoms with E-state index in [0.29, 0.717) is 24.6 Å². The first kappa shape index (κ1) is 31.8. The molecular formula is C28H50N6O4. The van der Waals surface area contributed by atoms with Crippen LogP contribution in [0.5, 0.6) is 0 Å². The number of carbonyl (C=O) groups is 3. The minimum atomic E-state index is -1.11. The van der Waals surface area contributed by atoms with Crippen LogP contribution in [0.2, 0.25) is 0 Å². The highest BCUT2D eigenvalue weighted by Gasteiger charge is 2.27.